The van der Waals surface area contributed by atoms with Gasteiger partial charge in [0, 0.05) is 0 Å². The highest BCUT2D eigenvalue weighted by molar-refractivity contribution is 5.78. The minimum Gasteiger partial charge on any atom is -0.467 e. The first-order valence-corrected chi connectivity index (χ1v) is 5.01. The second-order valence-electron chi connectivity index (χ2n) is 3.89. The Bertz CT molecular complexity index is 357. The summed E-state index contributed by atoms with van der Waals surface area (Å²) >= 11 is 0. The number of halogens is 1. The lowest BCUT2D eigenvalue weighted by Gasteiger charge is -2.19. The number of rotatable bonds is 4. The number of hydrogen-bond acceptors (Lipinski definition) is 3. The molecule has 1 unspecified atom stereocenters. The molecule has 0 heterocycles. The van der Waals surface area contributed by atoms with Crippen LogP contribution in [0.4, 0.5) is 4.39 Å². The molecule has 0 saturated carbocycles. The summed E-state index contributed by atoms with van der Waals surface area (Å²) in [6, 6.07) is 5.95. The van der Waals surface area contributed by atoms with E-state index in [4.69, 9.17) is 0 Å². The van der Waals surface area contributed by atoms with Gasteiger partial charge in [0.1, 0.15) is 5.82 Å². The fourth-order valence-corrected chi connectivity index (χ4v) is 1.36. The number of carbonyl (C=O) groups excluding carboxylic acids is 1. The molecule has 0 aromatic heterocycles. The molecular formula is C12H15FO3. The zero-order valence-corrected chi connectivity index (χ0v) is 9.37. The van der Waals surface area contributed by atoms with Crippen molar-refractivity contribution in [3.8, 4) is 0 Å². The van der Waals surface area contributed by atoms with Crippen molar-refractivity contribution in [2.24, 2.45) is 0 Å². The van der Waals surface area contributed by atoms with Crippen LogP contribution >= 0.6 is 0 Å². The van der Waals surface area contributed by atoms with Gasteiger partial charge in [-0.2, -0.15) is 0 Å². The molecule has 0 aliphatic carbocycles. The summed E-state index contributed by atoms with van der Waals surface area (Å²) in [5, 5.41) is 9.75. The smallest absolute Gasteiger partial charge is 0.337 e. The van der Waals surface area contributed by atoms with Crippen LogP contribution in [0.5, 0.6) is 0 Å². The highest BCUT2D eigenvalue weighted by Gasteiger charge is 2.30. The van der Waals surface area contributed by atoms with Crippen LogP contribution in [0.3, 0.4) is 0 Å². The summed E-state index contributed by atoms with van der Waals surface area (Å²) < 4.78 is 17.1. The summed E-state index contributed by atoms with van der Waals surface area (Å²) in [5.41, 5.74) is -0.631. The Morgan fingerprint density at radius 3 is 2.50 bits per heavy atom. The quantitative estimate of drug-likeness (QED) is 0.794. The minimum atomic E-state index is -1.50. The Balaban J connectivity index is 2.57. The SMILES string of the molecule is COC(=O)C(C)(O)CCc1ccc(F)cc1. The zero-order valence-electron chi connectivity index (χ0n) is 9.37. The maximum absolute atomic E-state index is 12.6. The second-order valence-corrected chi connectivity index (χ2v) is 3.89. The van der Waals surface area contributed by atoms with E-state index in [-0.39, 0.29) is 12.2 Å². The average molecular weight is 226 g/mol. The Hall–Kier alpha value is -1.42. The predicted octanol–water partition coefficient (Wildman–Crippen LogP) is 1.68. The molecule has 0 spiro atoms. The normalized spacial score (nSPS) is 14.2. The van der Waals surface area contributed by atoms with Crippen molar-refractivity contribution in [3.63, 3.8) is 0 Å². The first-order valence-electron chi connectivity index (χ1n) is 5.01. The van der Waals surface area contributed by atoms with Crippen molar-refractivity contribution in [2.45, 2.75) is 25.4 Å². The number of methoxy groups -OCH3 is 1. The van der Waals surface area contributed by atoms with E-state index in [2.05, 4.69) is 4.74 Å². The number of aliphatic hydroxyl groups is 1. The largest absolute Gasteiger partial charge is 0.467 e. The van der Waals surface area contributed by atoms with Gasteiger partial charge in [0.05, 0.1) is 7.11 Å². The standard InChI is InChI=1S/C12H15FO3/c1-12(15,11(14)16-2)8-7-9-3-5-10(13)6-4-9/h3-6,15H,7-8H2,1-2H3. The van der Waals surface area contributed by atoms with Crippen molar-refractivity contribution in [1.29, 1.82) is 0 Å². The summed E-state index contributed by atoms with van der Waals surface area (Å²) in [7, 11) is 1.23. The van der Waals surface area contributed by atoms with Crippen molar-refractivity contribution in [1.82, 2.24) is 0 Å². The molecular weight excluding hydrogens is 211 g/mol. The maximum Gasteiger partial charge on any atom is 0.337 e. The predicted molar refractivity (Wildman–Crippen MR) is 57.4 cm³/mol. The first-order chi connectivity index (χ1) is 7.45. The van der Waals surface area contributed by atoms with Crippen LogP contribution < -0.4 is 0 Å². The fraction of sp³-hybridized carbons (Fsp3) is 0.417. The molecule has 0 fully saturated rings. The topological polar surface area (TPSA) is 46.5 Å². The number of carbonyl (C=O) groups is 1. The van der Waals surface area contributed by atoms with E-state index in [0.717, 1.165) is 5.56 Å². The molecule has 1 atom stereocenters. The third-order valence-electron chi connectivity index (χ3n) is 2.44. The second kappa shape index (κ2) is 5.07. The molecule has 0 radical (unpaired) electrons. The number of esters is 1. The fourth-order valence-electron chi connectivity index (χ4n) is 1.36. The molecule has 1 N–H and O–H groups in total. The molecule has 0 aliphatic rings. The first kappa shape index (κ1) is 12.6. The van der Waals surface area contributed by atoms with Gasteiger partial charge < -0.3 is 9.84 Å². The lowest BCUT2D eigenvalue weighted by Crippen LogP contribution is -2.36. The van der Waals surface area contributed by atoms with E-state index in [1.165, 1.54) is 26.2 Å². The van der Waals surface area contributed by atoms with Crippen LogP contribution in [0.2, 0.25) is 0 Å². The molecule has 16 heavy (non-hydrogen) atoms. The molecule has 0 saturated heterocycles. The Kier molecular flexibility index (Phi) is 4.01. The van der Waals surface area contributed by atoms with Crippen LogP contribution in [0.25, 0.3) is 0 Å². The van der Waals surface area contributed by atoms with E-state index in [0.29, 0.717) is 6.42 Å². The molecule has 88 valence electrons. The van der Waals surface area contributed by atoms with Crippen molar-refractivity contribution in [3.05, 3.63) is 35.6 Å². The van der Waals surface area contributed by atoms with Crippen LogP contribution in [0.15, 0.2) is 24.3 Å². The van der Waals surface area contributed by atoms with Crippen molar-refractivity contribution in [2.75, 3.05) is 7.11 Å². The highest BCUT2D eigenvalue weighted by atomic mass is 19.1. The van der Waals surface area contributed by atoms with Gasteiger partial charge in [-0.25, -0.2) is 9.18 Å². The van der Waals surface area contributed by atoms with Crippen molar-refractivity contribution < 1.29 is 19.0 Å². The van der Waals surface area contributed by atoms with Crippen LogP contribution in [0, 0.1) is 5.82 Å². The summed E-state index contributed by atoms with van der Waals surface area (Å²) in [4.78, 5) is 11.2. The maximum atomic E-state index is 12.6. The third-order valence-corrected chi connectivity index (χ3v) is 2.44. The van der Waals surface area contributed by atoms with Gasteiger partial charge in [0.15, 0.2) is 5.60 Å². The molecule has 1 rings (SSSR count). The van der Waals surface area contributed by atoms with Crippen LogP contribution in [0.1, 0.15) is 18.9 Å². The molecule has 0 bridgehead atoms. The number of benzene rings is 1. The Morgan fingerprint density at radius 1 is 1.44 bits per heavy atom. The van der Waals surface area contributed by atoms with Gasteiger partial charge in [-0.1, -0.05) is 12.1 Å². The molecule has 1 aromatic rings. The van der Waals surface area contributed by atoms with Crippen LogP contribution in [-0.2, 0) is 16.0 Å². The summed E-state index contributed by atoms with van der Waals surface area (Å²) in [6.07, 6.45) is 0.730. The lowest BCUT2D eigenvalue weighted by atomic mass is 9.97. The molecule has 4 heteroatoms. The Labute approximate surface area is 93.9 Å². The number of ether oxygens (including phenoxy) is 1. The van der Waals surface area contributed by atoms with E-state index >= 15 is 0 Å². The van der Waals surface area contributed by atoms with Gasteiger partial charge in [-0.05, 0) is 37.5 Å². The van der Waals surface area contributed by atoms with Crippen LogP contribution in [-0.4, -0.2) is 23.8 Å². The zero-order chi connectivity index (χ0) is 12.2. The minimum absolute atomic E-state index is 0.241. The molecule has 3 nitrogen and oxygen atoms in total. The molecule has 1 aromatic carbocycles. The van der Waals surface area contributed by atoms with Gasteiger partial charge in [-0.3, -0.25) is 0 Å². The lowest BCUT2D eigenvalue weighted by molar-refractivity contribution is -0.161. The number of hydrogen-bond donors (Lipinski definition) is 1. The average Bonchev–Trinajstić information content (AvgIpc) is 2.27. The van der Waals surface area contributed by atoms with Crippen molar-refractivity contribution >= 4 is 5.97 Å². The molecule has 0 aliphatic heterocycles. The summed E-state index contributed by atoms with van der Waals surface area (Å²) in [5.74, 6) is -0.960. The van der Waals surface area contributed by atoms with Gasteiger partial charge in [0.2, 0.25) is 0 Å². The Morgan fingerprint density at radius 2 is 2.00 bits per heavy atom. The third kappa shape index (κ3) is 3.31. The van der Waals surface area contributed by atoms with E-state index in [9.17, 15) is 14.3 Å². The monoisotopic (exact) mass is 226 g/mol. The number of aryl methyl sites for hydroxylation is 1. The van der Waals surface area contributed by atoms with E-state index < -0.39 is 11.6 Å². The van der Waals surface area contributed by atoms with Gasteiger partial charge in [0.25, 0.3) is 0 Å². The molecule has 0 amide bonds. The van der Waals surface area contributed by atoms with Gasteiger partial charge in [-0.15, -0.1) is 0 Å². The summed E-state index contributed by atoms with van der Waals surface area (Å²) in [6.45, 7) is 1.41. The van der Waals surface area contributed by atoms with E-state index in [1.807, 2.05) is 0 Å². The highest BCUT2D eigenvalue weighted by Crippen LogP contribution is 2.15. The van der Waals surface area contributed by atoms with Gasteiger partial charge >= 0.3 is 5.97 Å². The van der Waals surface area contributed by atoms with E-state index in [1.54, 1.807) is 12.1 Å².